The Morgan fingerprint density at radius 1 is 1.36 bits per heavy atom. The number of rotatable bonds is 1. The number of hydrogen-bond donors (Lipinski definition) is 1. The highest BCUT2D eigenvalue weighted by Gasteiger charge is 2.24. The largest absolute Gasteiger partial charge is 0.313 e. The van der Waals surface area contributed by atoms with Crippen LogP contribution in [0.5, 0.6) is 0 Å². The van der Waals surface area contributed by atoms with Gasteiger partial charge in [-0.25, -0.2) is 0 Å². The second-order valence-electron chi connectivity index (χ2n) is 4.06. The van der Waals surface area contributed by atoms with E-state index in [1.54, 1.807) is 0 Å². The van der Waals surface area contributed by atoms with Crippen LogP contribution in [-0.2, 0) is 0 Å². The summed E-state index contributed by atoms with van der Waals surface area (Å²) in [6.45, 7) is 2.31. The van der Waals surface area contributed by atoms with Gasteiger partial charge in [0.25, 0.3) is 0 Å². The van der Waals surface area contributed by atoms with E-state index in [9.17, 15) is 0 Å². The quantitative estimate of drug-likeness (QED) is 0.807. The Balaban J connectivity index is 2.50. The first kappa shape index (κ1) is 10.2. The van der Waals surface area contributed by atoms with E-state index >= 15 is 0 Å². The standard InChI is InChI=1S/C12H16BrN/c1-8-6-7-11(14-2)9-4-3-5-10(13)12(8)9/h3-5,8,11,14H,6-7H2,1-2H3. The molecule has 1 aromatic rings. The first-order valence-electron chi connectivity index (χ1n) is 5.19. The maximum absolute atomic E-state index is 3.65. The Kier molecular flexibility index (Phi) is 2.93. The molecule has 2 atom stereocenters. The summed E-state index contributed by atoms with van der Waals surface area (Å²) in [5.74, 6) is 0.685. The number of halogens is 1. The third-order valence-electron chi connectivity index (χ3n) is 3.19. The van der Waals surface area contributed by atoms with Crippen LogP contribution in [0.15, 0.2) is 22.7 Å². The summed E-state index contributed by atoms with van der Waals surface area (Å²) in [4.78, 5) is 0. The zero-order valence-corrected chi connectivity index (χ0v) is 10.3. The molecule has 0 amide bonds. The molecule has 0 spiro atoms. The Bertz CT molecular complexity index is 335. The lowest BCUT2D eigenvalue weighted by atomic mass is 9.81. The lowest BCUT2D eigenvalue weighted by Gasteiger charge is -2.30. The number of benzene rings is 1. The molecule has 0 aliphatic heterocycles. The summed E-state index contributed by atoms with van der Waals surface area (Å²) in [6, 6.07) is 7.06. The van der Waals surface area contributed by atoms with Crippen LogP contribution in [0.3, 0.4) is 0 Å². The van der Waals surface area contributed by atoms with Gasteiger partial charge in [-0.05, 0) is 43.0 Å². The fraction of sp³-hybridized carbons (Fsp3) is 0.500. The van der Waals surface area contributed by atoms with Crippen molar-refractivity contribution in [2.24, 2.45) is 0 Å². The molecular weight excluding hydrogens is 238 g/mol. The second kappa shape index (κ2) is 4.03. The number of hydrogen-bond acceptors (Lipinski definition) is 1. The molecule has 1 aliphatic rings. The van der Waals surface area contributed by atoms with E-state index in [1.807, 2.05) is 7.05 Å². The van der Waals surface area contributed by atoms with E-state index in [2.05, 4.69) is 46.4 Å². The Hall–Kier alpha value is -0.340. The maximum atomic E-state index is 3.65. The van der Waals surface area contributed by atoms with Gasteiger partial charge in [-0.2, -0.15) is 0 Å². The van der Waals surface area contributed by atoms with Gasteiger partial charge >= 0.3 is 0 Å². The van der Waals surface area contributed by atoms with Gasteiger partial charge in [0, 0.05) is 10.5 Å². The lowest BCUT2D eigenvalue weighted by Crippen LogP contribution is -2.23. The predicted molar refractivity (Wildman–Crippen MR) is 63.6 cm³/mol. The summed E-state index contributed by atoms with van der Waals surface area (Å²) < 4.78 is 1.27. The van der Waals surface area contributed by atoms with Crippen LogP contribution in [0, 0.1) is 0 Å². The van der Waals surface area contributed by atoms with E-state index in [1.165, 1.54) is 28.4 Å². The summed E-state index contributed by atoms with van der Waals surface area (Å²) in [6.07, 6.45) is 2.53. The van der Waals surface area contributed by atoms with E-state index in [0.717, 1.165) is 0 Å². The van der Waals surface area contributed by atoms with Gasteiger partial charge in [-0.15, -0.1) is 0 Å². The van der Waals surface area contributed by atoms with Crippen LogP contribution in [0.2, 0.25) is 0 Å². The van der Waals surface area contributed by atoms with Crippen molar-refractivity contribution in [3.63, 3.8) is 0 Å². The second-order valence-corrected chi connectivity index (χ2v) is 4.92. The van der Waals surface area contributed by atoms with Crippen LogP contribution in [0.1, 0.15) is 42.9 Å². The monoisotopic (exact) mass is 253 g/mol. The van der Waals surface area contributed by atoms with Gasteiger partial charge in [0.2, 0.25) is 0 Å². The molecular formula is C12H16BrN. The van der Waals surface area contributed by atoms with Gasteiger partial charge in [0.05, 0.1) is 0 Å². The molecule has 2 rings (SSSR count). The molecule has 0 saturated heterocycles. The maximum Gasteiger partial charge on any atom is 0.0320 e. The predicted octanol–water partition coefficient (Wildman–Crippen LogP) is 3.61. The Morgan fingerprint density at radius 2 is 2.14 bits per heavy atom. The Labute approximate surface area is 94.0 Å². The molecule has 1 nitrogen and oxygen atoms in total. The smallest absolute Gasteiger partial charge is 0.0320 e. The summed E-state index contributed by atoms with van der Waals surface area (Å²) in [5, 5.41) is 3.39. The molecule has 1 N–H and O–H groups in total. The average molecular weight is 254 g/mol. The molecule has 76 valence electrons. The van der Waals surface area contributed by atoms with Gasteiger partial charge < -0.3 is 5.32 Å². The molecule has 0 saturated carbocycles. The minimum Gasteiger partial charge on any atom is -0.313 e. The summed E-state index contributed by atoms with van der Waals surface area (Å²) in [5.41, 5.74) is 2.97. The van der Waals surface area contributed by atoms with Crippen molar-refractivity contribution in [3.05, 3.63) is 33.8 Å². The van der Waals surface area contributed by atoms with Crippen molar-refractivity contribution in [2.75, 3.05) is 7.05 Å². The zero-order valence-electron chi connectivity index (χ0n) is 8.68. The lowest BCUT2D eigenvalue weighted by molar-refractivity contribution is 0.458. The van der Waals surface area contributed by atoms with Crippen molar-refractivity contribution in [1.29, 1.82) is 0 Å². The van der Waals surface area contributed by atoms with Crippen LogP contribution in [0.4, 0.5) is 0 Å². The minimum atomic E-state index is 0.540. The topological polar surface area (TPSA) is 12.0 Å². The fourth-order valence-electron chi connectivity index (χ4n) is 2.39. The SMILES string of the molecule is CNC1CCC(C)c2c(Br)cccc21. The van der Waals surface area contributed by atoms with Crippen molar-refractivity contribution >= 4 is 15.9 Å². The molecule has 0 aromatic heterocycles. The minimum absolute atomic E-state index is 0.540. The molecule has 0 bridgehead atoms. The summed E-state index contributed by atoms with van der Waals surface area (Å²) in [7, 11) is 2.05. The highest BCUT2D eigenvalue weighted by molar-refractivity contribution is 9.10. The highest BCUT2D eigenvalue weighted by Crippen LogP contribution is 2.40. The van der Waals surface area contributed by atoms with Gasteiger partial charge in [-0.3, -0.25) is 0 Å². The van der Waals surface area contributed by atoms with E-state index in [-0.39, 0.29) is 0 Å². The molecule has 0 heterocycles. The van der Waals surface area contributed by atoms with Crippen molar-refractivity contribution in [1.82, 2.24) is 5.32 Å². The third kappa shape index (κ3) is 1.61. The van der Waals surface area contributed by atoms with E-state index in [0.29, 0.717) is 12.0 Å². The van der Waals surface area contributed by atoms with Crippen LogP contribution in [0.25, 0.3) is 0 Å². The molecule has 0 radical (unpaired) electrons. The first-order chi connectivity index (χ1) is 6.74. The molecule has 1 aromatic carbocycles. The Morgan fingerprint density at radius 3 is 2.86 bits per heavy atom. The molecule has 0 fully saturated rings. The van der Waals surface area contributed by atoms with Crippen LogP contribution in [-0.4, -0.2) is 7.05 Å². The average Bonchev–Trinajstić information content (AvgIpc) is 2.18. The fourth-order valence-corrected chi connectivity index (χ4v) is 3.17. The first-order valence-corrected chi connectivity index (χ1v) is 5.99. The summed E-state index contributed by atoms with van der Waals surface area (Å²) >= 11 is 3.65. The third-order valence-corrected chi connectivity index (χ3v) is 3.88. The zero-order chi connectivity index (χ0) is 10.1. The van der Waals surface area contributed by atoms with Gasteiger partial charge in [0.15, 0.2) is 0 Å². The van der Waals surface area contributed by atoms with Crippen LogP contribution < -0.4 is 5.32 Å². The number of fused-ring (bicyclic) bond motifs is 1. The van der Waals surface area contributed by atoms with Crippen molar-refractivity contribution in [3.8, 4) is 0 Å². The number of nitrogens with one attached hydrogen (secondary N) is 1. The van der Waals surface area contributed by atoms with Gasteiger partial charge in [-0.1, -0.05) is 35.0 Å². The highest BCUT2D eigenvalue weighted by atomic mass is 79.9. The molecule has 2 unspecified atom stereocenters. The molecule has 2 heteroatoms. The van der Waals surface area contributed by atoms with Crippen LogP contribution >= 0.6 is 15.9 Å². The molecule has 14 heavy (non-hydrogen) atoms. The van der Waals surface area contributed by atoms with E-state index in [4.69, 9.17) is 0 Å². The molecule has 1 aliphatic carbocycles. The van der Waals surface area contributed by atoms with Crippen molar-refractivity contribution < 1.29 is 0 Å². The normalized spacial score (nSPS) is 25.9. The van der Waals surface area contributed by atoms with Crippen molar-refractivity contribution in [2.45, 2.75) is 31.7 Å². The van der Waals surface area contributed by atoms with E-state index < -0.39 is 0 Å². The van der Waals surface area contributed by atoms with Gasteiger partial charge in [0.1, 0.15) is 0 Å².